The molecule has 1 aliphatic rings. The summed E-state index contributed by atoms with van der Waals surface area (Å²) < 4.78 is 5.06. The number of esters is 1. The van der Waals surface area contributed by atoms with Crippen LogP contribution in [0.5, 0.6) is 0 Å². The third-order valence-corrected chi connectivity index (χ3v) is 5.36. The molecule has 2 rings (SSSR count). The van der Waals surface area contributed by atoms with Crippen molar-refractivity contribution in [1.82, 2.24) is 20.9 Å². The van der Waals surface area contributed by atoms with Gasteiger partial charge < -0.3 is 20.7 Å². The van der Waals surface area contributed by atoms with E-state index in [-0.39, 0.29) is 17.9 Å². The Morgan fingerprint density at radius 2 is 2.15 bits per heavy atom. The summed E-state index contributed by atoms with van der Waals surface area (Å²) in [5, 5.41) is 10.2. The number of guanidine groups is 1. The number of aliphatic imine (C=N–C) groups is 1. The van der Waals surface area contributed by atoms with Gasteiger partial charge in [0.25, 0.3) is 0 Å². The van der Waals surface area contributed by atoms with Crippen LogP contribution >= 0.6 is 11.3 Å². The van der Waals surface area contributed by atoms with Crippen LogP contribution < -0.4 is 16.0 Å². The molecule has 0 bridgehead atoms. The Balaban J connectivity index is 1.78. The first kappa shape index (κ1) is 21.1. The number of aryl methyl sites for hydroxylation is 1. The van der Waals surface area contributed by atoms with Gasteiger partial charge in [0, 0.05) is 26.1 Å². The quantitative estimate of drug-likeness (QED) is 0.255. The first-order chi connectivity index (χ1) is 12.9. The van der Waals surface area contributed by atoms with Gasteiger partial charge in [-0.1, -0.05) is 0 Å². The summed E-state index contributed by atoms with van der Waals surface area (Å²) in [6.07, 6.45) is 3.45. The summed E-state index contributed by atoms with van der Waals surface area (Å²) >= 11 is 1.33. The van der Waals surface area contributed by atoms with Crippen molar-refractivity contribution >= 4 is 29.2 Å². The number of carbonyl (C=O) groups excluding carboxylic acids is 2. The van der Waals surface area contributed by atoms with Crippen LogP contribution in [0.3, 0.4) is 0 Å². The molecule has 0 radical (unpaired) electrons. The van der Waals surface area contributed by atoms with Crippen molar-refractivity contribution in [3.8, 4) is 0 Å². The molecule has 1 saturated carbocycles. The number of amides is 1. The Labute approximate surface area is 164 Å². The van der Waals surface area contributed by atoms with Gasteiger partial charge >= 0.3 is 5.97 Å². The van der Waals surface area contributed by atoms with Crippen LogP contribution in [0.15, 0.2) is 4.99 Å². The molecule has 0 aromatic carbocycles. The lowest BCUT2D eigenvalue weighted by molar-refractivity contribution is -0.121. The van der Waals surface area contributed by atoms with Crippen LogP contribution in [0.2, 0.25) is 0 Å². The normalized spacial score (nSPS) is 15.2. The lowest BCUT2D eigenvalue weighted by Crippen LogP contribution is -2.39. The predicted molar refractivity (Wildman–Crippen MR) is 106 cm³/mol. The zero-order valence-corrected chi connectivity index (χ0v) is 17.2. The molecule has 1 aromatic heterocycles. The molecule has 1 amide bonds. The van der Waals surface area contributed by atoms with E-state index in [0.29, 0.717) is 42.1 Å². The van der Waals surface area contributed by atoms with Gasteiger partial charge in [0.05, 0.1) is 18.3 Å². The second-order valence-electron chi connectivity index (χ2n) is 6.50. The summed E-state index contributed by atoms with van der Waals surface area (Å²) in [6, 6.07) is 0.295. The molecule has 1 heterocycles. The Morgan fingerprint density at radius 3 is 2.78 bits per heavy atom. The fourth-order valence-electron chi connectivity index (χ4n) is 2.43. The van der Waals surface area contributed by atoms with E-state index in [9.17, 15) is 9.59 Å². The van der Waals surface area contributed by atoms with Gasteiger partial charge in [-0.05, 0) is 40.0 Å². The van der Waals surface area contributed by atoms with Crippen molar-refractivity contribution in [2.75, 3.05) is 20.2 Å². The smallest absolute Gasteiger partial charge is 0.350 e. The Morgan fingerprint density at radius 1 is 1.41 bits per heavy atom. The number of rotatable bonds is 9. The number of thiazole rings is 1. The van der Waals surface area contributed by atoms with Crippen molar-refractivity contribution in [2.45, 2.75) is 58.5 Å². The molecule has 1 unspecified atom stereocenters. The first-order valence-corrected chi connectivity index (χ1v) is 10.2. The molecule has 1 aromatic rings. The second kappa shape index (κ2) is 10.2. The van der Waals surface area contributed by atoms with Gasteiger partial charge in [-0.3, -0.25) is 9.79 Å². The maximum atomic E-state index is 11.9. The molecular weight excluding hydrogens is 366 g/mol. The van der Waals surface area contributed by atoms with E-state index >= 15 is 0 Å². The molecule has 3 N–H and O–H groups in total. The number of hydrogen-bond acceptors (Lipinski definition) is 6. The van der Waals surface area contributed by atoms with Crippen LogP contribution in [-0.2, 0) is 9.53 Å². The highest BCUT2D eigenvalue weighted by molar-refractivity contribution is 7.13. The van der Waals surface area contributed by atoms with Crippen molar-refractivity contribution in [1.29, 1.82) is 0 Å². The van der Waals surface area contributed by atoms with Crippen LogP contribution in [0.1, 0.15) is 65.9 Å². The minimum atomic E-state index is -0.335. The average Bonchev–Trinajstić information content (AvgIpc) is 3.35. The Bertz CT molecular complexity index is 685. The molecule has 27 heavy (non-hydrogen) atoms. The minimum Gasteiger partial charge on any atom is -0.462 e. The fourth-order valence-corrected chi connectivity index (χ4v) is 3.40. The molecule has 0 saturated heterocycles. The predicted octanol–water partition coefficient (Wildman–Crippen LogP) is 1.91. The molecule has 1 atom stereocenters. The topological polar surface area (TPSA) is 105 Å². The lowest BCUT2D eigenvalue weighted by atomic mass is 10.3. The number of nitrogens with one attached hydrogen (secondary N) is 3. The summed E-state index contributed by atoms with van der Waals surface area (Å²) in [7, 11) is 1.69. The third-order valence-electron chi connectivity index (χ3n) is 4.04. The summed E-state index contributed by atoms with van der Waals surface area (Å²) in [4.78, 5) is 32.8. The maximum Gasteiger partial charge on any atom is 0.350 e. The van der Waals surface area contributed by atoms with Gasteiger partial charge in [0.1, 0.15) is 9.88 Å². The molecule has 150 valence electrons. The number of hydrogen-bond donors (Lipinski definition) is 3. The zero-order valence-electron chi connectivity index (χ0n) is 16.4. The van der Waals surface area contributed by atoms with Crippen LogP contribution in [0, 0.1) is 6.92 Å². The van der Waals surface area contributed by atoms with Crippen molar-refractivity contribution in [2.24, 2.45) is 4.99 Å². The highest BCUT2D eigenvalue weighted by Crippen LogP contribution is 2.24. The highest BCUT2D eigenvalue weighted by atomic mass is 32.1. The van der Waals surface area contributed by atoms with Gasteiger partial charge in [-0.2, -0.15) is 0 Å². The van der Waals surface area contributed by atoms with E-state index in [1.54, 1.807) is 20.9 Å². The van der Waals surface area contributed by atoms with E-state index in [1.807, 2.05) is 6.92 Å². The molecule has 0 spiro atoms. The zero-order chi connectivity index (χ0) is 19.8. The monoisotopic (exact) mass is 395 g/mol. The van der Waals surface area contributed by atoms with E-state index in [0.717, 1.165) is 24.3 Å². The molecule has 1 fully saturated rings. The molecule has 0 aliphatic heterocycles. The molecule has 9 heteroatoms. The second-order valence-corrected chi connectivity index (χ2v) is 7.53. The van der Waals surface area contributed by atoms with Crippen molar-refractivity contribution in [3.05, 3.63) is 15.6 Å². The number of nitrogens with zero attached hydrogens (tertiary/aromatic N) is 2. The van der Waals surface area contributed by atoms with E-state index in [1.165, 1.54) is 11.3 Å². The van der Waals surface area contributed by atoms with E-state index < -0.39 is 0 Å². The highest BCUT2D eigenvalue weighted by Gasteiger charge is 2.23. The molecule has 8 nitrogen and oxygen atoms in total. The first-order valence-electron chi connectivity index (χ1n) is 9.35. The van der Waals surface area contributed by atoms with Crippen molar-refractivity contribution < 1.29 is 14.3 Å². The van der Waals surface area contributed by atoms with E-state index in [2.05, 4.69) is 25.9 Å². The van der Waals surface area contributed by atoms with Crippen LogP contribution in [0.25, 0.3) is 0 Å². The maximum absolute atomic E-state index is 11.9. The van der Waals surface area contributed by atoms with Crippen LogP contribution in [-0.4, -0.2) is 49.1 Å². The van der Waals surface area contributed by atoms with Gasteiger partial charge in [-0.15, -0.1) is 11.3 Å². The standard InChI is InChI=1S/C18H29N5O3S/c1-5-26-17(25)15-11(2)21-16(27-15)12(3)22-18(19-4)20-10-6-7-14(24)23-13-8-9-13/h12-13H,5-10H2,1-4H3,(H,23,24)(H2,19,20,22). The van der Waals surface area contributed by atoms with Crippen LogP contribution in [0.4, 0.5) is 0 Å². The van der Waals surface area contributed by atoms with Gasteiger partial charge in [0.2, 0.25) is 5.91 Å². The van der Waals surface area contributed by atoms with Gasteiger partial charge in [0.15, 0.2) is 5.96 Å². The minimum absolute atomic E-state index is 0.110. The Kier molecular flexibility index (Phi) is 8.02. The van der Waals surface area contributed by atoms with Crippen molar-refractivity contribution in [3.63, 3.8) is 0 Å². The lowest BCUT2D eigenvalue weighted by Gasteiger charge is -2.16. The summed E-state index contributed by atoms with van der Waals surface area (Å²) in [6.45, 7) is 6.54. The number of ether oxygens (including phenoxy) is 1. The average molecular weight is 396 g/mol. The SMILES string of the molecule is CCOC(=O)c1sc(C(C)NC(=NC)NCCCC(=O)NC2CC2)nc1C. The van der Waals surface area contributed by atoms with Gasteiger partial charge in [-0.25, -0.2) is 9.78 Å². The van der Waals surface area contributed by atoms with E-state index in [4.69, 9.17) is 4.74 Å². The summed E-state index contributed by atoms with van der Waals surface area (Å²) in [5.74, 6) is 0.411. The summed E-state index contributed by atoms with van der Waals surface area (Å²) in [5.41, 5.74) is 0.673. The number of aromatic nitrogens is 1. The Hall–Kier alpha value is -2.16. The largest absolute Gasteiger partial charge is 0.462 e. The number of carbonyl (C=O) groups is 2. The fraction of sp³-hybridized carbons (Fsp3) is 0.667. The third kappa shape index (κ3) is 6.82. The molecular formula is C18H29N5O3S. The molecule has 1 aliphatic carbocycles.